The predicted molar refractivity (Wildman–Crippen MR) is 67.2 cm³/mol. The van der Waals surface area contributed by atoms with E-state index in [2.05, 4.69) is 9.88 Å². The Morgan fingerprint density at radius 3 is 3.06 bits per heavy atom. The minimum atomic E-state index is -0.261. The highest BCUT2D eigenvalue weighted by Crippen LogP contribution is 2.26. The van der Waals surface area contributed by atoms with Gasteiger partial charge in [-0.05, 0) is 18.2 Å². The minimum Gasteiger partial charge on any atom is -0.491 e. The number of anilines is 1. The summed E-state index contributed by atoms with van der Waals surface area (Å²) in [4.78, 5) is 6.30. The van der Waals surface area contributed by atoms with Gasteiger partial charge in [0.15, 0.2) is 0 Å². The molecule has 1 aromatic carbocycles. The van der Waals surface area contributed by atoms with Crippen molar-refractivity contribution < 1.29 is 9.13 Å². The Morgan fingerprint density at radius 2 is 2.22 bits per heavy atom. The van der Waals surface area contributed by atoms with Crippen LogP contribution in [0.5, 0.6) is 5.75 Å². The van der Waals surface area contributed by atoms with E-state index < -0.39 is 0 Å². The number of benzene rings is 1. The second-order valence-corrected chi connectivity index (χ2v) is 4.23. The second kappa shape index (κ2) is 4.64. The lowest BCUT2D eigenvalue weighted by molar-refractivity contribution is 0.330. The van der Waals surface area contributed by atoms with Crippen LogP contribution in [0.3, 0.4) is 0 Å². The molecular formula is C14H13FN2O. The SMILES string of the molecule is Fc1ccc2c(c1)OCCN(c1cccnc1)C2. The molecule has 0 saturated heterocycles. The molecule has 92 valence electrons. The van der Waals surface area contributed by atoms with Crippen LogP contribution in [0.15, 0.2) is 42.7 Å². The van der Waals surface area contributed by atoms with E-state index in [-0.39, 0.29) is 5.82 Å². The Balaban J connectivity index is 1.91. The molecule has 0 fully saturated rings. The highest BCUT2D eigenvalue weighted by Gasteiger charge is 2.16. The topological polar surface area (TPSA) is 25.4 Å². The van der Waals surface area contributed by atoms with Crippen LogP contribution in [0.25, 0.3) is 0 Å². The van der Waals surface area contributed by atoms with E-state index in [1.807, 2.05) is 18.3 Å². The normalized spacial score (nSPS) is 14.6. The van der Waals surface area contributed by atoms with Crippen LogP contribution in [0.4, 0.5) is 10.1 Å². The summed E-state index contributed by atoms with van der Waals surface area (Å²) in [6, 6.07) is 8.62. The molecule has 0 unspecified atom stereocenters. The first-order chi connectivity index (χ1) is 8.83. The van der Waals surface area contributed by atoms with Crippen molar-refractivity contribution in [1.82, 2.24) is 4.98 Å². The maximum Gasteiger partial charge on any atom is 0.127 e. The first kappa shape index (κ1) is 11.0. The van der Waals surface area contributed by atoms with Gasteiger partial charge in [0.05, 0.1) is 18.4 Å². The molecule has 0 aliphatic carbocycles. The van der Waals surface area contributed by atoms with Gasteiger partial charge in [0.2, 0.25) is 0 Å². The summed E-state index contributed by atoms with van der Waals surface area (Å²) in [6.45, 7) is 2.02. The van der Waals surface area contributed by atoms with Crippen LogP contribution in [-0.2, 0) is 6.54 Å². The van der Waals surface area contributed by atoms with E-state index in [0.29, 0.717) is 18.9 Å². The van der Waals surface area contributed by atoms with Crippen LogP contribution >= 0.6 is 0 Å². The van der Waals surface area contributed by atoms with Gasteiger partial charge >= 0.3 is 0 Å². The summed E-state index contributed by atoms with van der Waals surface area (Å²) < 4.78 is 18.7. The Morgan fingerprint density at radius 1 is 1.28 bits per heavy atom. The summed E-state index contributed by atoms with van der Waals surface area (Å²) in [7, 11) is 0. The van der Waals surface area contributed by atoms with Crippen LogP contribution in [0, 0.1) is 5.82 Å². The number of hydrogen-bond donors (Lipinski definition) is 0. The first-order valence-electron chi connectivity index (χ1n) is 5.89. The fraction of sp³-hybridized carbons (Fsp3) is 0.214. The Kier molecular flexibility index (Phi) is 2.84. The largest absolute Gasteiger partial charge is 0.491 e. The Labute approximate surface area is 105 Å². The Hall–Kier alpha value is -2.10. The molecule has 0 amide bonds. The third-order valence-corrected chi connectivity index (χ3v) is 3.02. The van der Waals surface area contributed by atoms with Crippen LogP contribution in [0.1, 0.15) is 5.56 Å². The third-order valence-electron chi connectivity index (χ3n) is 3.02. The van der Waals surface area contributed by atoms with E-state index in [1.165, 1.54) is 12.1 Å². The van der Waals surface area contributed by atoms with Crippen LogP contribution in [0.2, 0.25) is 0 Å². The molecule has 1 aliphatic heterocycles. The molecule has 0 spiro atoms. The molecule has 0 radical (unpaired) electrons. The van der Waals surface area contributed by atoms with Crippen LogP contribution < -0.4 is 9.64 Å². The van der Waals surface area contributed by atoms with E-state index >= 15 is 0 Å². The molecule has 0 bridgehead atoms. The highest BCUT2D eigenvalue weighted by atomic mass is 19.1. The maximum atomic E-state index is 13.1. The second-order valence-electron chi connectivity index (χ2n) is 4.23. The molecule has 1 aliphatic rings. The van der Waals surface area contributed by atoms with Gasteiger partial charge in [0.1, 0.15) is 18.2 Å². The van der Waals surface area contributed by atoms with Crippen molar-refractivity contribution in [2.75, 3.05) is 18.1 Å². The molecule has 0 atom stereocenters. The number of hydrogen-bond acceptors (Lipinski definition) is 3. The summed E-state index contributed by atoms with van der Waals surface area (Å²) in [6.07, 6.45) is 3.58. The van der Waals surface area contributed by atoms with Gasteiger partial charge in [-0.3, -0.25) is 4.98 Å². The van der Waals surface area contributed by atoms with E-state index in [4.69, 9.17) is 4.74 Å². The van der Waals surface area contributed by atoms with Crippen molar-refractivity contribution in [3.63, 3.8) is 0 Å². The summed E-state index contributed by atoms with van der Waals surface area (Å²) in [5.41, 5.74) is 2.05. The van der Waals surface area contributed by atoms with Crippen molar-refractivity contribution in [3.05, 3.63) is 54.1 Å². The highest BCUT2D eigenvalue weighted by molar-refractivity contribution is 5.47. The first-order valence-corrected chi connectivity index (χ1v) is 5.89. The minimum absolute atomic E-state index is 0.261. The molecule has 3 nitrogen and oxygen atoms in total. The zero-order chi connectivity index (χ0) is 12.4. The van der Waals surface area contributed by atoms with Gasteiger partial charge in [-0.15, -0.1) is 0 Å². The maximum absolute atomic E-state index is 13.1. The predicted octanol–water partition coefficient (Wildman–Crippen LogP) is 2.62. The van der Waals surface area contributed by atoms with Gasteiger partial charge in [-0.2, -0.15) is 0 Å². The molecule has 0 saturated carbocycles. The quantitative estimate of drug-likeness (QED) is 0.771. The molecule has 2 heterocycles. The number of halogens is 1. The molecule has 3 rings (SSSR count). The van der Waals surface area contributed by atoms with Gasteiger partial charge in [-0.25, -0.2) is 4.39 Å². The summed E-state index contributed by atoms with van der Waals surface area (Å²) in [5, 5.41) is 0. The molecule has 4 heteroatoms. The lowest BCUT2D eigenvalue weighted by Gasteiger charge is -2.21. The van der Waals surface area contributed by atoms with Crippen molar-refractivity contribution in [2.45, 2.75) is 6.54 Å². The van der Waals surface area contributed by atoms with E-state index in [9.17, 15) is 4.39 Å². The number of fused-ring (bicyclic) bond motifs is 1. The third kappa shape index (κ3) is 2.14. The zero-order valence-corrected chi connectivity index (χ0v) is 9.84. The Bertz CT molecular complexity index is 545. The molecular weight excluding hydrogens is 231 g/mol. The molecule has 1 aromatic heterocycles. The van der Waals surface area contributed by atoms with E-state index in [0.717, 1.165) is 17.8 Å². The molecule has 0 N–H and O–H groups in total. The smallest absolute Gasteiger partial charge is 0.127 e. The average molecular weight is 244 g/mol. The zero-order valence-electron chi connectivity index (χ0n) is 9.84. The standard InChI is InChI=1S/C14H13FN2O/c15-12-4-3-11-10-17(6-7-18-14(11)8-12)13-2-1-5-16-9-13/h1-5,8-9H,6-7,10H2. The number of pyridine rings is 1. The number of rotatable bonds is 1. The van der Waals surface area contributed by atoms with Gasteiger partial charge in [0, 0.05) is 24.4 Å². The number of nitrogens with zero attached hydrogens (tertiary/aromatic N) is 2. The lowest BCUT2D eigenvalue weighted by atomic mass is 10.2. The fourth-order valence-corrected chi connectivity index (χ4v) is 2.11. The molecule has 18 heavy (non-hydrogen) atoms. The van der Waals surface area contributed by atoms with Crippen molar-refractivity contribution in [3.8, 4) is 5.75 Å². The van der Waals surface area contributed by atoms with Crippen molar-refractivity contribution in [2.24, 2.45) is 0 Å². The van der Waals surface area contributed by atoms with Crippen LogP contribution in [-0.4, -0.2) is 18.1 Å². The average Bonchev–Trinajstić information content (AvgIpc) is 2.61. The lowest BCUT2D eigenvalue weighted by Crippen LogP contribution is -2.25. The van der Waals surface area contributed by atoms with Gasteiger partial charge in [0.25, 0.3) is 0 Å². The fourth-order valence-electron chi connectivity index (χ4n) is 2.11. The summed E-state index contributed by atoms with van der Waals surface area (Å²) in [5.74, 6) is 0.380. The van der Waals surface area contributed by atoms with Gasteiger partial charge in [-0.1, -0.05) is 6.07 Å². The summed E-state index contributed by atoms with van der Waals surface area (Å²) >= 11 is 0. The number of ether oxygens (including phenoxy) is 1. The van der Waals surface area contributed by atoms with Crippen molar-refractivity contribution in [1.29, 1.82) is 0 Å². The molecule has 2 aromatic rings. The van der Waals surface area contributed by atoms with Gasteiger partial charge < -0.3 is 9.64 Å². The number of aromatic nitrogens is 1. The monoisotopic (exact) mass is 244 g/mol. The van der Waals surface area contributed by atoms with E-state index in [1.54, 1.807) is 12.3 Å². The van der Waals surface area contributed by atoms with Crippen molar-refractivity contribution >= 4 is 5.69 Å².